The average Bonchev–Trinajstić information content (AvgIpc) is 2.40. The van der Waals surface area contributed by atoms with Crippen LogP contribution in [0.25, 0.3) is 0 Å². The molecule has 0 atom stereocenters. The topological polar surface area (TPSA) is 46.5 Å². The number of ether oxygens (including phenoxy) is 1. The number of hydrogen-bond donors (Lipinski definition) is 1. The lowest BCUT2D eigenvalue weighted by Crippen LogP contribution is -2.10. The van der Waals surface area contributed by atoms with Crippen LogP contribution >= 0.6 is 0 Å². The molecule has 0 aliphatic heterocycles. The van der Waals surface area contributed by atoms with Gasteiger partial charge in [-0.05, 0) is 36.6 Å². The highest BCUT2D eigenvalue weighted by molar-refractivity contribution is 5.87. The van der Waals surface area contributed by atoms with Crippen LogP contribution < -0.4 is 4.74 Å². The summed E-state index contributed by atoms with van der Waals surface area (Å²) < 4.78 is 5.65. The predicted molar refractivity (Wildman–Crippen MR) is 70.1 cm³/mol. The van der Waals surface area contributed by atoms with Crippen LogP contribution in [-0.4, -0.2) is 17.7 Å². The Bertz CT molecular complexity index is 377. The van der Waals surface area contributed by atoms with Gasteiger partial charge < -0.3 is 9.84 Å². The normalized spacial score (nSPS) is 16.4. The van der Waals surface area contributed by atoms with Crippen molar-refractivity contribution in [1.82, 2.24) is 0 Å². The molecule has 1 fully saturated rings. The lowest BCUT2D eigenvalue weighted by molar-refractivity contribution is 0.0697. The first-order chi connectivity index (χ1) is 8.75. The smallest absolute Gasteiger partial charge is 0.335 e. The van der Waals surface area contributed by atoms with E-state index in [0.29, 0.717) is 5.56 Å². The van der Waals surface area contributed by atoms with Gasteiger partial charge in [0.15, 0.2) is 0 Å². The van der Waals surface area contributed by atoms with Crippen molar-refractivity contribution >= 4 is 5.97 Å². The van der Waals surface area contributed by atoms with E-state index in [9.17, 15) is 4.79 Å². The van der Waals surface area contributed by atoms with Crippen LogP contribution in [0.4, 0.5) is 0 Å². The minimum absolute atomic E-state index is 0.301. The van der Waals surface area contributed by atoms with E-state index in [2.05, 4.69) is 0 Å². The molecule has 1 N–H and O–H groups in total. The lowest BCUT2D eigenvalue weighted by Gasteiger charge is -2.21. The van der Waals surface area contributed by atoms with E-state index in [-0.39, 0.29) is 0 Å². The minimum atomic E-state index is -0.899. The molecule has 3 nitrogen and oxygen atoms in total. The second-order valence-electron chi connectivity index (χ2n) is 4.97. The van der Waals surface area contributed by atoms with Crippen molar-refractivity contribution in [2.75, 3.05) is 6.61 Å². The summed E-state index contributed by atoms with van der Waals surface area (Å²) in [6.07, 6.45) is 7.88. The molecule has 0 spiro atoms. The third kappa shape index (κ3) is 3.76. The molecular formula is C15H20O3. The van der Waals surface area contributed by atoms with Crippen LogP contribution in [-0.2, 0) is 0 Å². The maximum Gasteiger partial charge on any atom is 0.335 e. The Morgan fingerprint density at radius 3 is 2.44 bits per heavy atom. The zero-order chi connectivity index (χ0) is 12.8. The van der Waals surface area contributed by atoms with Crippen molar-refractivity contribution in [3.63, 3.8) is 0 Å². The van der Waals surface area contributed by atoms with E-state index in [0.717, 1.165) is 24.7 Å². The van der Waals surface area contributed by atoms with Crippen LogP contribution in [0.15, 0.2) is 24.3 Å². The molecule has 1 aliphatic carbocycles. The average molecular weight is 248 g/mol. The molecule has 0 saturated heterocycles. The van der Waals surface area contributed by atoms with Crippen LogP contribution in [0.1, 0.15) is 48.9 Å². The van der Waals surface area contributed by atoms with E-state index < -0.39 is 5.97 Å². The third-order valence-electron chi connectivity index (χ3n) is 3.62. The SMILES string of the molecule is O=C(O)c1ccc(OCCC2CCCCC2)cc1. The number of benzene rings is 1. The molecule has 18 heavy (non-hydrogen) atoms. The van der Waals surface area contributed by atoms with Crippen molar-refractivity contribution in [2.45, 2.75) is 38.5 Å². The van der Waals surface area contributed by atoms with Crippen LogP contribution in [0.5, 0.6) is 5.75 Å². The zero-order valence-electron chi connectivity index (χ0n) is 10.6. The Hall–Kier alpha value is -1.51. The molecule has 98 valence electrons. The molecule has 3 heteroatoms. The number of rotatable bonds is 5. The number of hydrogen-bond acceptors (Lipinski definition) is 2. The summed E-state index contributed by atoms with van der Waals surface area (Å²) >= 11 is 0. The fourth-order valence-corrected chi connectivity index (χ4v) is 2.51. The molecule has 1 aromatic rings. The molecule has 0 bridgehead atoms. The Labute approximate surface area is 108 Å². The number of carbonyl (C=O) groups is 1. The molecule has 2 rings (SSSR count). The summed E-state index contributed by atoms with van der Waals surface area (Å²) in [6.45, 7) is 0.733. The second kappa shape index (κ2) is 6.43. The van der Waals surface area contributed by atoms with Gasteiger partial charge in [0.2, 0.25) is 0 Å². The standard InChI is InChI=1S/C15H20O3/c16-15(17)13-6-8-14(9-7-13)18-11-10-12-4-2-1-3-5-12/h6-9,12H,1-5,10-11H2,(H,16,17). The highest BCUT2D eigenvalue weighted by Crippen LogP contribution is 2.26. The molecule has 1 saturated carbocycles. The second-order valence-corrected chi connectivity index (χ2v) is 4.97. The van der Waals surface area contributed by atoms with Crippen LogP contribution in [0.2, 0.25) is 0 Å². The molecule has 0 aromatic heterocycles. The molecule has 1 aromatic carbocycles. The maximum absolute atomic E-state index is 10.7. The summed E-state index contributed by atoms with van der Waals surface area (Å²) in [5.41, 5.74) is 0.301. The van der Waals surface area contributed by atoms with E-state index in [1.807, 2.05) is 0 Å². The monoisotopic (exact) mass is 248 g/mol. The van der Waals surface area contributed by atoms with Crippen molar-refractivity contribution in [3.8, 4) is 5.75 Å². The Kier molecular flexibility index (Phi) is 4.62. The number of carboxylic acids is 1. The van der Waals surface area contributed by atoms with Crippen molar-refractivity contribution < 1.29 is 14.6 Å². The van der Waals surface area contributed by atoms with E-state index in [1.165, 1.54) is 32.1 Å². The predicted octanol–water partition coefficient (Wildman–Crippen LogP) is 3.73. The molecule has 0 radical (unpaired) electrons. The molecular weight excluding hydrogens is 228 g/mol. The Balaban J connectivity index is 1.74. The molecule has 0 amide bonds. The Morgan fingerprint density at radius 2 is 1.83 bits per heavy atom. The number of aromatic carboxylic acids is 1. The maximum atomic E-state index is 10.7. The summed E-state index contributed by atoms with van der Waals surface area (Å²) in [7, 11) is 0. The van der Waals surface area contributed by atoms with E-state index >= 15 is 0 Å². The first-order valence-electron chi connectivity index (χ1n) is 6.72. The summed E-state index contributed by atoms with van der Waals surface area (Å²) in [4.78, 5) is 10.7. The van der Waals surface area contributed by atoms with E-state index in [4.69, 9.17) is 9.84 Å². The van der Waals surface area contributed by atoms with Crippen LogP contribution in [0, 0.1) is 5.92 Å². The van der Waals surface area contributed by atoms with E-state index in [1.54, 1.807) is 24.3 Å². The highest BCUT2D eigenvalue weighted by Gasteiger charge is 2.13. The van der Waals surface area contributed by atoms with Gasteiger partial charge in [-0.25, -0.2) is 4.79 Å². The van der Waals surface area contributed by atoms with Gasteiger partial charge in [-0.1, -0.05) is 32.1 Å². The highest BCUT2D eigenvalue weighted by atomic mass is 16.5. The first-order valence-corrected chi connectivity index (χ1v) is 6.72. The summed E-state index contributed by atoms with van der Waals surface area (Å²) in [5.74, 6) is 0.677. The first kappa shape index (κ1) is 12.9. The van der Waals surface area contributed by atoms with Gasteiger partial charge in [-0.15, -0.1) is 0 Å². The Morgan fingerprint density at radius 1 is 1.17 bits per heavy atom. The van der Waals surface area contributed by atoms with Gasteiger partial charge >= 0.3 is 5.97 Å². The molecule has 1 aliphatic rings. The van der Waals surface area contributed by atoms with Gasteiger partial charge in [0.1, 0.15) is 5.75 Å². The van der Waals surface area contributed by atoms with Gasteiger partial charge in [0.25, 0.3) is 0 Å². The van der Waals surface area contributed by atoms with Gasteiger partial charge in [0.05, 0.1) is 12.2 Å². The molecule has 0 unspecified atom stereocenters. The van der Waals surface area contributed by atoms with Gasteiger partial charge in [-0.3, -0.25) is 0 Å². The van der Waals surface area contributed by atoms with Crippen molar-refractivity contribution in [3.05, 3.63) is 29.8 Å². The van der Waals surface area contributed by atoms with Gasteiger partial charge in [-0.2, -0.15) is 0 Å². The molecule has 0 heterocycles. The lowest BCUT2D eigenvalue weighted by atomic mass is 9.87. The van der Waals surface area contributed by atoms with Crippen molar-refractivity contribution in [2.24, 2.45) is 5.92 Å². The quantitative estimate of drug-likeness (QED) is 0.863. The zero-order valence-corrected chi connectivity index (χ0v) is 10.6. The third-order valence-corrected chi connectivity index (χ3v) is 3.62. The minimum Gasteiger partial charge on any atom is -0.494 e. The summed E-state index contributed by atoms with van der Waals surface area (Å²) in [6, 6.07) is 6.62. The van der Waals surface area contributed by atoms with Gasteiger partial charge in [0, 0.05) is 0 Å². The summed E-state index contributed by atoms with van der Waals surface area (Å²) in [5, 5.41) is 8.78. The fraction of sp³-hybridized carbons (Fsp3) is 0.533. The van der Waals surface area contributed by atoms with Crippen molar-refractivity contribution in [1.29, 1.82) is 0 Å². The fourth-order valence-electron chi connectivity index (χ4n) is 2.51. The van der Waals surface area contributed by atoms with Crippen LogP contribution in [0.3, 0.4) is 0 Å². The number of carboxylic acid groups (broad SMARTS) is 1. The largest absolute Gasteiger partial charge is 0.494 e.